The monoisotopic (exact) mass is 471 g/mol. The Balaban J connectivity index is 1.95. The maximum atomic E-state index is 13.7. The van der Waals surface area contributed by atoms with Gasteiger partial charge in [-0.1, -0.05) is 24.3 Å². The number of urea groups is 1. The number of methoxy groups -OCH3 is 1. The predicted molar refractivity (Wildman–Crippen MR) is 125 cm³/mol. The first-order valence-electron chi connectivity index (χ1n) is 10.9. The molecule has 0 fully saturated rings. The third-order valence-electron chi connectivity index (χ3n) is 5.37. The van der Waals surface area contributed by atoms with E-state index in [0.29, 0.717) is 35.9 Å². The third-order valence-corrected chi connectivity index (χ3v) is 5.37. The SMILES string of the molecule is CCOC(CN1C(=O)C(CC(=O)O)(NC(=O)Nc2cccc(OC)c2)c2ccccc21)OCC. The summed E-state index contributed by atoms with van der Waals surface area (Å²) < 4.78 is 16.4. The molecular formula is C24H29N3O7. The number of amides is 3. The van der Waals surface area contributed by atoms with E-state index in [0.717, 1.165) is 0 Å². The van der Waals surface area contributed by atoms with Crippen LogP contribution in [0, 0.1) is 0 Å². The van der Waals surface area contributed by atoms with E-state index in [1.807, 2.05) is 13.8 Å². The molecule has 0 bridgehead atoms. The smallest absolute Gasteiger partial charge is 0.320 e. The number of nitrogens with zero attached hydrogens (tertiary/aromatic N) is 1. The summed E-state index contributed by atoms with van der Waals surface area (Å²) in [5, 5.41) is 15.0. The van der Waals surface area contributed by atoms with Gasteiger partial charge in [0.25, 0.3) is 5.91 Å². The zero-order chi connectivity index (χ0) is 24.7. The number of aliphatic carboxylic acids is 1. The first kappa shape index (κ1) is 25.0. The van der Waals surface area contributed by atoms with Gasteiger partial charge in [-0.3, -0.25) is 9.59 Å². The second-order valence-electron chi connectivity index (χ2n) is 7.56. The van der Waals surface area contributed by atoms with Gasteiger partial charge in [-0.15, -0.1) is 0 Å². The van der Waals surface area contributed by atoms with E-state index < -0.39 is 36.2 Å². The van der Waals surface area contributed by atoms with Crippen molar-refractivity contribution in [2.45, 2.75) is 32.1 Å². The Hall–Kier alpha value is -3.63. The molecule has 0 aliphatic carbocycles. The van der Waals surface area contributed by atoms with E-state index in [1.54, 1.807) is 48.5 Å². The molecule has 1 aliphatic heterocycles. The first-order chi connectivity index (χ1) is 16.3. The fraction of sp³-hybridized carbons (Fsp3) is 0.375. The molecule has 1 heterocycles. The van der Waals surface area contributed by atoms with Crippen LogP contribution < -0.4 is 20.3 Å². The highest BCUT2D eigenvalue weighted by Gasteiger charge is 2.53. The molecule has 0 aromatic heterocycles. The zero-order valence-electron chi connectivity index (χ0n) is 19.4. The molecule has 0 saturated carbocycles. The number of hydrogen-bond acceptors (Lipinski definition) is 6. The van der Waals surface area contributed by atoms with Gasteiger partial charge in [-0.2, -0.15) is 0 Å². The summed E-state index contributed by atoms with van der Waals surface area (Å²) in [7, 11) is 1.50. The summed E-state index contributed by atoms with van der Waals surface area (Å²) in [6, 6.07) is 12.7. The summed E-state index contributed by atoms with van der Waals surface area (Å²) in [6.45, 7) is 4.40. The molecule has 0 radical (unpaired) electrons. The van der Waals surface area contributed by atoms with Crippen molar-refractivity contribution in [1.29, 1.82) is 0 Å². The van der Waals surface area contributed by atoms with Crippen molar-refractivity contribution in [2.24, 2.45) is 0 Å². The summed E-state index contributed by atoms with van der Waals surface area (Å²) >= 11 is 0. The van der Waals surface area contributed by atoms with E-state index in [2.05, 4.69) is 10.6 Å². The van der Waals surface area contributed by atoms with Crippen molar-refractivity contribution in [3.05, 3.63) is 54.1 Å². The van der Waals surface area contributed by atoms with Crippen LogP contribution in [0.2, 0.25) is 0 Å². The van der Waals surface area contributed by atoms with Gasteiger partial charge in [-0.05, 0) is 32.0 Å². The lowest BCUT2D eigenvalue weighted by molar-refractivity contribution is -0.143. The predicted octanol–water partition coefficient (Wildman–Crippen LogP) is 2.93. The highest BCUT2D eigenvalue weighted by molar-refractivity contribution is 6.11. The van der Waals surface area contributed by atoms with Gasteiger partial charge in [0.15, 0.2) is 11.8 Å². The van der Waals surface area contributed by atoms with E-state index in [-0.39, 0.29) is 6.54 Å². The lowest BCUT2D eigenvalue weighted by Gasteiger charge is -2.29. The van der Waals surface area contributed by atoms with Crippen LogP contribution in [-0.2, 0) is 24.6 Å². The molecule has 34 heavy (non-hydrogen) atoms. The van der Waals surface area contributed by atoms with Gasteiger partial charge in [-0.25, -0.2) is 4.79 Å². The molecule has 182 valence electrons. The van der Waals surface area contributed by atoms with Crippen molar-refractivity contribution < 1.29 is 33.7 Å². The zero-order valence-corrected chi connectivity index (χ0v) is 19.4. The topological polar surface area (TPSA) is 126 Å². The van der Waals surface area contributed by atoms with Crippen LogP contribution in [0.4, 0.5) is 16.2 Å². The van der Waals surface area contributed by atoms with E-state index in [1.165, 1.54) is 12.0 Å². The number of carbonyl (C=O) groups excluding carboxylic acids is 2. The number of carboxylic acid groups (broad SMARTS) is 1. The van der Waals surface area contributed by atoms with Gasteiger partial charge in [0.1, 0.15) is 5.75 Å². The Bertz CT molecular complexity index is 1040. The normalized spacial score (nSPS) is 16.9. The quantitative estimate of drug-likeness (QED) is 0.430. The van der Waals surface area contributed by atoms with Gasteiger partial charge in [0.2, 0.25) is 0 Å². The van der Waals surface area contributed by atoms with Crippen molar-refractivity contribution in [1.82, 2.24) is 5.32 Å². The molecule has 1 aliphatic rings. The Morgan fingerprint density at radius 2 is 1.79 bits per heavy atom. The molecule has 2 aromatic carbocycles. The van der Waals surface area contributed by atoms with Crippen molar-refractivity contribution in [3.8, 4) is 5.75 Å². The fourth-order valence-corrected chi connectivity index (χ4v) is 4.00. The minimum absolute atomic E-state index is 0.0398. The van der Waals surface area contributed by atoms with Crippen LogP contribution >= 0.6 is 0 Å². The fourth-order valence-electron chi connectivity index (χ4n) is 4.00. The summed E-state index contributed by atoms with van der Waals surface area (Å²) in [5.74, 6) is -1.29. The number of rotatable bonds is 11. The highest BCUT2D eigenvalue weighted by atomic mass is 16.7. The van der Waals surface area contributed by atoms with E-state index in [4.69, 9.17) is 14.2 Å². The molecule has 0 spiro atoms. The number of ether oxygens (including phenoxy) is 3. The van der Waals surface area contributed by atoms with Gasteiger partial charge in [0, 0.05) is 30.5 Å². The van der Waals surface area contributed by atoms with E-state index in [9.17, 15) is 19.5 Å². The lowest BCUT2D eigenvalue weighted by atomic mass is 9.88. The molecule has 1 unspecified atom stereocenters. The van der Waals surface area contributed by atoms with Crippen molar-refractivity contribution >= 4 is 29.3 Å². The molecule has 10 heteroatoms. The molecule has 3 amide bonds. The summed E-state index contributed by atoms with van der Waals surface area (Å²) in [5.41, 5.74) is -0.519. The Labute approximate surface area is 197 Å². The number of hydrogen-bond donors (Lipinski definition) is 3. The van der Waals surface area contributed by atoms with Gasteiger partial charge in [0.05, 0.1) is 25.8 Å². The minimum atomic E-state index is -1.81. The second kappa shape index (κ2) is 11.0. The van der Waals surface area contributed by atoms with Gasteiger partial charge >= 0.3 is 12.0 Å². The molecule has 3 N–H and O–H groups in total. The van der Waals surface area contributed by atoms with Crippen LogP contribution in [0.3, 0.4) is 0 Å². The van der Waals surface area contributed by atoms with Crippen molar-refractivity contribution in [2.75, 3.05) is 37.1 Å². The molecular weight excluding hydrogens is 442 g/mol. The molecule has 3 rings (SSSR count). The first-order valence-corrected chi connectivity index (χ1v) is 10.9. The van der Waals surface area contributed by atoms with Gasteiger partial charge < -0.3 is 34.9 Å². The standard InChI is InChI=1S/C24H29N3O7/c1-4-33-21(34-5-2)15-27-19-12-7-6-11-18(19)24(22(27)30,14-20(28)29)26-23(31)25-16-9-8-10-17(13-16)32-3/h6-13,21H,4-5,14-15H2,1-3H3,(H,28,29)(H2,25,26,31). The molecule has 2 aromatic rings. The van der Waals surface area contributed by atoms with Crippen LogP contribution in [0.1, 0.15) is 25.8 Å². The molecule has 0 saturated heterocycles. The number of fused-ring (bicyclic) bond motifs is 1. The number of para-hydroxylation sites is 1. The average Bonchev–Trinajstić information content (AvgIpc) is 3.01. The molecule has 1 atom stereocenters. The number of anilines is 2. The number of nitrogens with one attached hydrogen (secondary N) is 2. The van der Waals surface area contributed by atoms with Crippen LogP contribution in [0.25, 0.3) is 0 Å². The Kier molecular flexibility index (Phi) is 8.08. The van der Waals surface area contributed by atoms with E-state index >= 15 is 0 Å². The molecule has 10 nitrogen and oxygen atoms in total. The van der Waals surface area contributed by atoms with Crippen molar-refractivity contribution in [3.63, 3.8) is 0 Å². The Morgan fingerprint density at radius 3 is 2.44 bits per heavy atom. The summed E-state index contributed by atoms with van der Waals surface area (Å²) in [6.07, 6.45) is -1.35. The largest absolute Gasteiger partial charge is 0.497 e. The lowest BCUT2D eigenvalue weighted by Crippen LogP contribution is -2.56. The highest BCUT2D eigenvalue weighted by Crippen LogP contribution is 2.42. The second-order valence-corrected chi connectivity index (χ2v) is 7.56. The van der Waals surface area contributed by atoms with Crippen LogP contribution in [0.5, 0.6) is 5.75 Å². The van der Waals surface area contributed by atoms with Crippen LogP contribution in [-0.4, -0.2) is 56.2 Å². The average molecular weight is 472 g/mol. The maximum Gasteiger partial charge on any atom is 0.320 e. The Morgan fingerprint density at radius 1 is 1.09 bits per heavy atom. The minimum Gasteiger partial charge on any atom is -0.497 e. The number of carbonyl (C=O) groups is 3. The maximum absolute atomic E-state index is 13.7. The number of carboxylic acids is 1. The third kappa shape index (κ3) is 5.29. The van der Waals surface area contributed by atoms with Crippen LogP contribution in [0.15, 0.2) is 48.5 Å². The number of benzene rings is 2. The summed E-state index contributed by atoms with van der Waals surface area (Å²) in [4.78, 5) is 40.0.